The van der Waals surface area contributed by atoms with E-state index in [1.165, 1.54) is 6.33 Å². The SMILES string of the molecule is Cc1nc(CN2CCCN(C(=O)CCCn3cncn3)CC2)cs1. The van der Waals surface area contributed by atoms with Gasteiger partial charge in [-0.3, -0.25) is 14.4 Å². The first kappa shape index (κ1) is 17.0. The van der Waals surface area contributed by atoms with E-state index in [1.807, 2.05) is 11.8 Å². The molecule has 0 unspecified atom stereocenters. The van der Waals surface area contributed by atoms with E-state index in [0.717, 1.165) is 62.8 Å². The van der Waals surface area contributed by atoms with Gasteiger partial charge in [-0.05, 0) is 19.8 Å². The highest BCUT2D eigenvalue weighted by molar-refractivity contribution is 7.09. The number of aryl methyl sites for hydroxylation is 2. The molecule has 0 atom stereocenters. The third-order valence-corrected chi connectivity index (χ3v) is 5.06. The number of carbonyl (C=O) groups excluding carboxylic acids is 1. The molecule has 0 bridgehead atoms. The van der Waals surface area contributed by atoms with E-state index in [2.05, 4.69) is 25.3 Å². The van der Waals surface area contributed by atoms with Gasteiger partial charge in [0.15, 0.2) is 0 Å². The molecule has 8 heteroatoms. The van der Waals surface area contributed by atoms with Crippen LogP contribution in [-0.4, -0.2) is 61.6 Å². The van der Waals surface area contributed by atoms with Crippen molar-refractivity contribution in [1.29, 1.82) is 0 Å². The van der Waals surface area contributed by atoms with Crippen molar-refractivity contribution in [2.75, 3.05) is 26.2 Å². The lowest BCUT2D eigenvalue weighted by Gasteiger charge is -2.21. The van der Waals surface area contributed by atoms with Crippen LogP contribution in [0.15, 0.2) is 18.0 Å². The van der Waals surface area contributed by atoms with Crippen molar-refractivity contribution in [2.45, 2.75) is 39.3 Å². The average Bonchev–Trinajstić information content (AvgIpc) is 3.15. The molecule has 0 aromatic carbocycles. The van der Waals surface area contributed by atoms with Gasteiger partial charge in [-0.2, -0.15) is 5.10 Å². The number of aromatic nitrogens is 4. The lowest BCUT2D eigenvalue weighted by molar-refractivity contribution is -0.131. The summed E-state index contributed by atoms with van der Waals surface area (Å²) in [5.74, 6) is 0.251. The molecule has 2 aromatic heterocycles. The maximum atomic E-state index is 12.4. The van der Waals surface area contributed by atoms with Crippen LogP contribution >= 0.6 is 11.3 Å². The Morgan fingerprint density at radius 3 is 2.96 bits per heavy atom. The molecule has 2 aromatic rings. The highest BCUT2D eigenvalue weighted by Gasteiger charge is 2.19. The van der Waals surface area contributed by atoms with Crippen molar-refractivity contribution in [3.8, 4) is 0 Å². The van der Waals surface area contributed by atoms with Gasteiger partial charge in [-0.1, -0.05) is 0 Å². The maximum Gasteiger partial charge on any atom is 0.222 e. The van der Waals surface area contributed by atoms with Crippen molar-refractivity contribution in [3.63, 3.8) is 0 Å². The molecule has 3 rings (SSSR count). The Kier molecular flexibility index (Phi) is 5.92. The molecule has 0 aliphatic carbocycles. The molecular weight excluding hydrogens is 324 g/mol. The summed E-state index contributed by atoms with van der Waals surface area (Å²) in [7, 11) is 0. The third kappa shape index (κ3) is 4.85. The Morgan fingerprint density at radius 2 is 2.21 bits per heavy atom. The van der Waals surface area contributed by atoms with E-state index < -0.39 is 0 Å². The summed E-state index contributed by atoms with van der Waals surface area (Å²) in [6, 6.07) is 0. The van der Waals surface area contributed by atoms with Gasteiger partial charge in [0.25, 0.3) is 0 Å². The molecule has 0 N–H and O–H groups in total. The minimum atomic E-state index is 0.251. The van der Waals surface area contributed by atoms with Gasteiger partial charge in [0, 0.05) is 51.1 Å². The van der Waals surface area contributed by atoms with Crippen LogP contribution in [0.2, 0.25) is 0 Å². The van der Waals surface area contributed by atoms with E-state index in [1.54, 1.807) is 22.3 Å². The monoisotopic (exact) mass is 348 g/mol. The van der Waals surface area contributed by atoms with Crippen LogP contribution in [0.4, 0.5) is 0 Å². The number of amides is 1. The van der Waals surface area contributed by atoms with Crippen molar-refractivity contribution in [3.05, 3.63) is 28.7 Å². The molecule has 0 radical (unpaired) electrons. The molecule has 3 heterocycles. The number of carbonyl (C=O) groups is 1. The fraction of sp³-hybridized carbons (Fsp3) is 0.625. The van der Waals surface area contributed by atoms with Crippen molar-refractivity contribution in [1.82, 2.24) is 29.5 Å². The maximum absolute atomic E-state index is 12.4. The number of nitrogens with zero attached hydrogens (tertiary/aromatic N) is 6. The van der Waals surface area contributed by atoms with Crippen molar-refractivity contribution in [2.24, 2.45) is 0 Å². The zero-order valence-corrected chi connectivity index (χ0v) is 14.9. The molecule has 24 heavy (non-hydrogen) atoms. The van der Waals surface area contributed by atoms with Gasteiger partial charge in [0.05, 0.1) is 10.7 Å². The summed E-state index contributed by atoms with van der Waals surface area (Å²) < 4.78 is 1.77. The first-order chi connectivity index (χ1) is 11.7. The number of hydrogen-bond donors (Lipinski definition) is 0. The summed E-state index contributed by atoms with van der Waals surface area (Å²) in [4.78, 5) is 25.3. The van der Waals surface area contributed by atoms with Crippen LogP contribution in [-0.2, 0) is 17.9 Å². The van der Waals surface area contributed by atoms with E-state index in [0.29, 0.717) is 6.42 Å². The predicted octanol–water partition coefficient (Wildman–Crippen LogP) is 1.56. The second-order valence-electron chi connectivity index (χ2n) is 6.13. The van der Waals surface area contributed by atoms with E-state index in [4.69, 9.17) is 0 Å². The molecule has 1 amide bonds. The van der Waals surface area contributed by atoms with Crippen molar-refractivity contribution < 1.29 is 4.79 Å². The molecular formula is C16H24N6OS. The van der Waals surface area contributed by atoms with Crippen LogP contribution in [0.3, 0.4) is 0 Å². The molecule has 1 aliphatic rings. The lowest BCUT2D eigenvalue weighted by Crippen LogP contribution is -2.35. The van der Waals surface area contributed by atoms with Gasteiger partial charge in [-0.25, -0.2) is 9.97 Å². The topological polar surface area (TPSA) is 67.2 Å². The van der Waals surface area contributed by atoms with Crippen LogP contribution in [0.5, 0.6) is 0 Å². The number of rotatable bonds is 6. The predicted molar refractivity (Wildman–Crippen MR) is 92.6 cm³/mol. The quantitative estimate of drug-likeness (QED) is 0.792. The second kappa shape index (κ2) is 8.34. The Balaban J connectivity index is 1.41. The highest BCUT2D eigenvalue weighted by Crippen LogP contribution is 2.13. The minimum Gasteiger partial charge on any atom is -0.341 e. The van der Waals surface area contributed by atoms with Crippen LogP contribution in [0.1, 0.15) is 30.0 Å². The Morgan fingerprint density at radius 1 is 1.29 bits per heavy atom. The summed E-state index contributed by atoms with van der Waals surface area (Å²) in [5, 5.41) is 7.31. The molecule has 7 nitrogen and oxygen atoms in total. The molecule has 0 saturated carbocycles. The Hall–Kier alpha value is -1.80. The van der Waals surface area contributed by atoms with Gasteiger partial charge in [0.1, 0.15) is 12.7 Å². The van der Waals surface area contributed by atoms with Gasteiger partial charge in [0.2, 0.25) is 5.91 Å². The normalized spacial score (nSPS) is 16.3. The first-order valence-corrected chi connectivity index (χ1v) is 9.32. The molecule has 1 fully saturated rings. The van der Waals surface area contributed by atoms with Crippen LogP contribution in [0, 0.1) is 6.92 Å². The standard InChI is InChI=1S/C16H24N6OS/c1-14-19-15(11-24-14)10-20-5-3-6-21(9-8-20)16(23)4-2-7-22-13-17-12-18-22/h11-13H,2-10H2,1H3. The second-order valence-corrected chi connectivity index (χ2v) is 7.19. The number of thiazole rings is 1. The Labute approximate surface area is 146 Å². The largest absolute Gasteiger partial charge is 0.341 e. The van der Waals surface area contributed by atoms with Gasteiger partial charge < -0.3 is 4.90 Å². The molecule has 0 spiro atoms. The zero-order valence-electron chi connectivity index (χ0n) is 14.1. The zero-order chi connectivity index (χ0) is 16.8. The summed E-state index contributed by atoms with van der Waals surface area (Å²) >= 11 is 1.70. The van der Waals surface area contributed by atoms with Gasteiger partial charge in [-0.15, -0.1) is 11.3 Å². The molecule has 130 valence electrons. The molecule has 1 saturated heterocycles. The van der Waals surface area contributed by atoms with E-state index >= 15 is 0 Å². The fourth-order valence-corrected chi connectivity index (χ4v) is 3.59. The van der Waals surface area contributed by atoms with E-state index in [-0.39, 0.29) is 5.91 Å². The minimum absolute atomic E-state index is 0.251. The van der Waals surface area contributed by atoms with Crippen LogP contribution < -0.4 is 0 Å². The van der Waals surface area contributed by atoms with Gasteiger partial charge >= 0.3 is 0 Å². The summed E-state index contributed by atoms with van der Waals surface area (Å²) in [6.07, 6.45) is 5.62. The van der Waals surface area contributed by atoms with Crippen LogP contribution in [0.25, 0.3) is 0 Å². The fourth-order valence-electron chi connectivity index (χ4n) is 2.99. The lowest BCUT2D eigenvalue weighted by atomic mass is 10.2. The average molecular weight is 348 g/mol. The smallest absolute Gasteiger partial charge is 0.222 e. The van der Waals surface area contributed by atoms with Crippen molar-refractivity contribution >= 4 is 17.2 Å². The summed E-state index contributed by atoms with van der Waals surface area (Å²) in [6.45, 7) is 7.29. The summed E-state index contributed by atoms with van der Waals surface area (Å²) in [5.41, 5.74) is 1.14. The third-order valence-electron chi connectivity index (χ3n) is 4.24. The van der Waals surface area contributed by atoms with E-state index in [9.17, 15) is 4.79 Å². The number of hydrogen-bond acceptors (Lipinski definition) is 6. The molecule has 1 aliphatic heterocycles. The first-order valence-electron chi connectivity index (χ1n) is 8.44. The highest BCUT2D eigenvalue weighted by atomic mass is 32.1. The Bertz CT molecular complexity index is 641.